The van der Waals surface area contributed by atoms with Crippen LogP contribution in [0.5, 0.6) is 5.75 Å². The van der Waals surface area contributed by atoms with Crippen LogP contribution in [-0.2, 0) is 19.3 Å². The maximum Gasteiger partial charge on any atom is 0.257 e. The van der Waals surface area contributed by atoms with Gasteiger partial charge < -0.3 is 10.1 Å². The molecule has 1 aliphatic rings. The molecule has 1 N–H and O–H groups in total. The molecule has 1 aromatic carbocycles. The molecule has 1 aromatic heterocycles. The lowest BCUT2D eigenvalue weighted by atomic mass is 9.94. The average Bonchev–Trinajstić information content (AvgIpc) is 2.94. The Morgan fingerprint density at radius 1 is 1.23 bits per heavy atom. The van der Waals surface area contributed by atoms with Gasteiger partial charge in [-0.3, -0.25) is 4.79 Å². The molecule has 22 heavy (non-hydrogen) atoms. The minimum atomic E-state index is 0.0291. The number of fused-ring (bicyclic) bond motifs is 1. The van der Waals surface area contributed by atoms with Gasteiger partial charge in [-0.2, -0.15) is 0 Å². The minimum Gasteiger partial charge on any atom is -0.497 e. The highest BCUT2D eigenvalue weighted by Crippen LogP contribution is 2.35. The van der Waals surface area contributed by atoms with Crippen molar-refractivity contribution in [3.63, 3.8) is 0 Å². The van der Waals surface area contributed by atoms with Crippen molar-refractivity contribution in [2.24, 2.45) is 0 Å². The molecule has 2 aromatic rings. The standard InChI is InChI=1S/C18H21NO2S/c1-3-15-17(14-6-4-5-7-16(14)22-15)18(20)19-12-8-10-13(21-2)11-9-12/h8-11H,3-7H2,1-2H3,(H,19,20). The molecule has 0 bridgehead atoms. The fourth-order valence-corrected chi connectivity index (χ4v) is 4.34. The van der Waals surface area contributed by atoms with Crippen LogP contribution in [0, 0.1) is 0 Å². The lowest BCUT2D eigenvalue weighted by Crippen LogP contribution is -2.16. The third kappa shape index (κ3) is 2.88. The molecule has 1 amide bonds. The van der Waals surface area contributed by atoms with Crippen molar-refractivity contribution in [2.45, 2.75) is 39.0 Å². The number of carbonyl (C=O) groups excluding carboxylic acids is 1. The van der Waals surface area contributed by atoms with Crippen LogP contribution >= 0.6 is 11.3 Å². The normalized spacial score (nSPS) is 13.5. The first-order valence-electron chi connectivity index (χ1n) is 7.81. The summed E-state index contributed by atoms with van der Waals surface area (Å²) in [6, 6.07) is 7.47. The van der Waals surface area contributed by atoms with E-state index in [1.807, 2.05) is 35.6 Å². The number of nitrogens with one attached hydrogen (secondary N) is 1. The van der Waals surface area contributed by atoms with Gasteiger partial charge >= 0.3 is 0 Å². The summed E-state index contributed by atoms with van der Waals surface area (Å²) >= 11 is 1.83. The third-order valence-corrected chi connectivity index (χ3v) is 5.58. The van der Waals surface area contributed by atoms with E-state index in [1.165, 1.54) is 28.2 Å². The number of ether oxygens (including phenoxy) is 1. The van der Waals surface area contributed by atoms with E-state index in [0.29, 0.717) is 0 Å². The number of rotatable bonds is 4. The van der Waals surface area contributed by atoms with Crippen LogP contribution in [0.1, 0.15) is 45.4 Å². The maximum absolute atomic E-state index is 12.7. The molecule has 0 radical (unpaired) electrons. The van der Waals surface area contributed by atoms with Gasteiger partial charge in [0.2, 0.25) is 0 Å². The zero-order valence-corrected chi connectivity index (χ0v) is 13.9. The van der Waals surface area contributed by atoms with Gasteiger partial charge in [-0.05, 0) is 61.9 Å². The summed E-state index contributed by atoms with van der Waals surface area (Å²) in [5.41, 5.74) is 3.03. The summed E-state index contributed by atoms with van der Waals surface area (Å²) in [4.78, 5) is 15.4. The Bertz CT molecular complexity index is 673. The Kier molecular flexibility index (Phi) is 4.48. The molecule has 1 heterocycles. The van der Waals surface area contributed by atoms with Gasteiger partial charge in [0.15, 0.2) is 0 Å². The molecule has 0 saturated heterocycles. The molecule has 0 atom stereocenters. The van der Waals surface area contributed by atoms with E-state index >= 15 is 0 Å². The van der Waals surface area contributed by atoms with E-state index < -0.39 is 0 Å². The van der Waals surface area contributed by atoms with E-state index in [0.717, 1.165) is 36.3 Å². The lowest BCUT2D eigenvalue weighted by molar-refractivity contribution is 0.102. The number of benzene rings is 1. The van der Waals surface area contributed by atoms with Gasteiger partial charge in [-0.25, -0.2) is 0 Å². The van der Waals surface area contributed by atoms with E-state index in [-0.39, 0.29) is 5.91 Å². The fourth-order valence-electron chi connectivity index (χ4n) is 3.00. The summed E-state index contributed by atoms with van der Waals surface area (Å²) in [6.45, 7) is 2.13. The van der Waals surface area contributed by atoms with Crippen molar-refractivity contribution < 1.29 is 9.53 Å². The topological polar surface area (TPSA) is 38.3 Å². The van der Waals surface area contributed by atoms with Crippen molar-refractivity contribution in [1.82, 2.24) is 0 Å². The van der Waals surface area contributed by atoms with Crippen LogP contribution in [-0.4, -0.2) is 13.0 Å². The highest BCUT2D eigenvalue weighted by Gasteiger charge is 2.24. The van der Waals surface area contributed by atoms with Crippen molar-refractivity contribution in [1.29, 1.82) is 0 Å². The molecule has 3 rings (SSSR count). The molecule has 0 unspecified atom stereocenters. The minimum absolute atomic E-state index is 0.0291. The van der Waals surface area contributed by atoms with E-state index in [2.05, 4.69) is 12.2 Å². The molecule has 0 aliphatic heterocycles. The second-order valence-corrected chi connectivity index (χ2v) is 6.73. The van der Waals surface area contributed by atoms with Gasteiger partial charge in [0.25, 0.3) is 5.91 Å². The summed E-state index contributed by atoms with van der Waals surface area (Å²) < 4.78 is 5.15. The lowest BCUT2D eigenvalue weighted by Gasteiger charge is -2.13. The summed E-state index contributed by atoms with van der Waals surface area (Å²) in [5.74, 6) is 0.821. The average molecular weight is 315 g/mol. The summed E-state index contributed by atoms with van der Waals surface area (Å²) in [7, 11) is 1.64. The van der Waals surface area contributed by atoms with Gasteiger partial charge in [0, 0.05) is 15.4 Å². The molecule has 116 valence electrons. The smallest absolute Gasteiger partial charge is 0.257 e. The Morgan fingerprint density at radius 2 is 1.95 bits per heavy atom. The number of carbonyl (C=O) groups is 1. The molecule has 4 heteroatoms. The second kappa shape index (κ2) is 6.53. The first-order chi connectivity index (χ1) is 10.7. The predicted octanol–water partition coefficient (Wildman–Crippen LogP) is 4.45. The molecule has 0 spiro atoms. The first kappa shape index (κ1) is 15.1. The fraction of sp³-hybridized carbons (Fsp3) is 0.389. The quantitative estimate of drug-likeness (QED) is 0.905. The van der Waals surface area contributed by atoms with Crippen LogP contribution in [0.3, 0.4) is 0 Å². The predicted molar refractivity (Wildman–Crippen MR) is 91.3 cm³/mol. The van der Waals surface area contributed by atoms with Gasteiger partial charge in [-0.15, -0.1) is 11.3 Å². The van der Waals surface area contributed by atoms with E-state index in [1.54, 1.807) is 7.11 Å². The van der Waals surface area contributed by atoms with Crippen LogP contribution < -0.4 is 10.1 Å². The monoisotopic (exact) mass is 315 g/mol. The van der Waals surface area contributed by atoms with Crippen molar-refractivity contribution in [3.8, 4) is 5.75 Å². The van der Waals surface area contributed by atoms with Crippen molar-refractivity contribution in [3.05, 3.63) is 45.1 Å². The Labute approximate surface area is 135 Å². The summed E-state index contributed by atoms with van der Waals surface area (Å²) in [6.07, 6.45) is 5.52. The first-order valence-corrected chi connectivity index (χ1v) is 8.63. The Morgan fingerprint density at radius 3 is 2.64 bits per heavy atom. The molecular formula is C18H21NO2S. The molecule has 0 fully saturated rings. The molecule has 0 saturated carbocycles. The van der Waals surface area contributed by atoms with Gasteiger partial charge in [0.1, 0.15) is 5.75 Å². The number of hydrogen-bond acceptors (Lipinski definition) is 3. The number of thiophene rings is 1. The molecular weight excluding hydrogens is 294 g/mol. The number of methoxy groups -OCH3 is 1. The zero-order chi connectivity index (χ0) is 15.5. The Balaban J connectivity index is 1.86. The number of anilines is 1. The number of aryl methyl sites for hydroxylation is 2. The van der Waals surface area contributed by atoms with Crippen molar-refractivity contribution >= 4 is 22.9 Å². The summed E-state index contributed by atoms with van der Waals surface area (Å²) in [5, 5.41) is 3.03. The number of amides is 1. The number of hydrogen-bond donors (Lipinski definition) is 1. The van der Waals surface area contributed by atoms with E-state index in [9.17, 15) is 4.79 Å². The van der Waals surface area contributed by atoms with Crippen LogP contribution in [0.2, 0.25) is 0 Å². The zero-order valence-electron chi connectivity index (χ0n) is 13.1. The largest absolute Gasteiger partial charge is 0.497 e. The van der Waals surface area contributed by atoms with E-state index in [4.69, 9.17) is 4.74 Å². The Hall–Kier alpha value is -1.81. The van der Waals surface area contributed by atoms with Gasteiger partial charge in [0.05, 0.1) is 12.7 Å². The highest BCUT2D eigenvalue weighted by atomic mass is 32.1. The maximum atomic E-state index is 12.7. The van der Waals surface area contributed by atoms with Crippen LogP contribution in [0.4, 0.5) is 5.69 Å². The SMILES string of the molecule is CCc1sc2c(c1C(=O)Nc1ccc(OC)cc1)CCCC2. The third-order valence-electron chi connectivity index (χ3n) is 4.14. The van der Waals surface area contributed by atoms with Gasteiger partial charge in [-0.1, -0.05) is 6.92 Å². The second-order valence-electron chi connectivity index (χ2n) is 5.55. The van der Waals surface area contributed by atoms with Crippen LogP contribution in [0.25, 0.3) is 0 Å². The van der Waals surface area contributed by atoms with Crippen LogP contribution in [0.15, 0.2) is 24.3 Å². The molecule has 1 aliphatic carbocycles. The molecule has 3 nitrogen and oxygen atoms in total. The van der Waals surface area contributed by atoms with Crippen molar-refractivity contribution in [2.75, 3.05) is 12.4 Å². The highest BCUT2D eigenvalue weighted by molar-refractivity contribution is 7.12.